The lowest BCUT2D eigenvalue weighted by molar-refractivity contribution is 0.318. The maximum Gasteiger partial charge on any atom is 0.191 e. The van der Waals surface area contributed by atoms with Crippen LogP contribution in [0.3, 0.4) is 0 Å². The van der Waals surface area contributed by atoms with Crippen molar-refractivity contribution >= 4 is 29.9 Å². The summed E-state index contributed by atoms with van der Waals surface area (Å²) in [5.41, 5.74) is 0. The van der Waals surface area contributed by atoms with Crippen LogP contribution in [0.4, 0.5) is 8.78 Å². The van der Waals surface area contributed by atoms with Gasteiger partial charge in [0.05, 0.1) is 6.54 Å². The van der Waals surface area contributed by atoms with E-state index in [0.29, 0.717) is 18.9 Å². The number of hydrogen-bond donors (Lipinski definition) is 2. The van der Waals surface area contributed by atoms with E-state index >= 15 is 0 Å². The van der Waals surface area contributed by atoms with E-state index < -0.39 is 11.6 Å². The van der Waals surface area contributed by atoms with Gasteiger partial charge in [-0.3, -0.25) is 4.99 Å². The molecule has 1 rings (SSSR count). The number of hydrogen-bond acceptors (Lipinski definition) is 2. The fourth-order valence-electron chi connectivity index (χ4n) is 1.47. The Morgan fingerprint density at radius 1 is 1.19 bits per heavy atom. The third-order valence-corrected chi connectivity index (χ3v) is 2.39. The molecule has 0 heterocycles. The number of nitrogens with zero attached hydrogens (tertiary/aromatic N) is 1. The lowest BCUT2D eigenvalue weighted by Crippen LogP contribution is -2.39. The van der Waals surface area contributed by atoms with E-state index in [9.17, 15) is 8.78 Å². The van der Waals surface area contributed by atoms with Crippen molar-refractivity contribution in [2.75, 3.05) is 26.2 Å². The number of aliphatic imine (C=N–C) groups is 1. The van der Waals surface area contributed by atoms with Crippen molar-refractivity contribution in [3.05, 3.63) is 29.8 Å². The summed E-state index contributed by atoms with van der Waals surface area (Å²) in [6, 6.07) is 3.48. The SMILES string of the molecule is CCCN=C(NCC)NCCOc1ccc(F)c(F)c1.I. The molecule has 0 bridgehead atoms. The highest BCUT2D eigenvalue weighted by Crippen LogP contribution is 2.14. The predicted molar refractivity (Wildman–Crippen MR) is 91.5 cm³/mol. The third-order valence-electron chi connectivity index (χ3n) is 2.39. The summed E-state index contributed by atoms with van der Waals surface area (Å²) in [6.07, 6.45) is 0.974. The van der Waals surface area contributed by atoms with E-state index in [1.54, 1.807) is 0 Å². The van der Waals surface area contributed by atoms with Gasteiger partial charge in [0.2, 0.25) is 0 Å². The molecule has 0 unspecified atom stereocenters. The van der Waals surface area contributed by atoms with Crippen LogP contribution in [-0.2, 0) is 0 Å². The molecule has 0 aromatic heterocycles. The summed E-state index contributed by atoms with van der Waals surface area (Å²) in [4.78, 5) is 4.33. The van der Waals surface area contributed by atoms with Crippen molar-refractivity contribution in [1.82, 2.24) is 10.6 Å². The van der Waals surface area contributed by atoms with Gasteiger partial charge < -0.3 is 15.4 Å². The molecule has 0 aliphatic heterocycles. The van der Waals surface area contributed by atoms with E-state index in [0.717, 1.165) is 37.6 Å². The van der Waals surface area contributed by atoms with Crippen LogP contribution in [0.25, 0.3) is 0 Å². The maximum absolute atomic E-state index is 13.0. The van der Waals surface area contributed by atoms with E-state index in [1.807, 2.05) is 6.92 Å². The van der Waals surface area contributed by atoms with E-state index in [1.165, 1.54) is 6.07 Å². The minimum atomic E-state index is -0.909. The standard InChI is InChI=1S/C14H21F2N3O.HI/c1-3-7-18-14(17-4-2)19-8-9-20-11-5-6-12(15)13(16)10-11;/h5-6,10H,3-4,7-9H2,1-2H3,(H2,17,18,19);1H. The molecular weight excluding hydrogens is 391 g/mol. The molecule has 120 valence electrons. The van der Waals surface area contributed by atoms with Gasteiger partial charge in [0.25, 0.3) is 0 Å². The number of nitrogens with one attached hydrogen (secondary N) is 2. The summed E-state index contributed by atoms with van der Waals surface area (Å²) in [5, 5.41) is 6.20. The van der Waals surface area contributed by atoms with Crippen LogP contribution in [0.1, 0.15) is 20.3 Å². The molecule has 4 nitrogen and oxygen atoms in total. The predicted octanol–water partition coefficient (Wildman–Crippen LogP) is 2.93. The van der Waals surface area contributed by atoms with Crippen LogP contribution in [0.5, 0.6) is 5.75 Å². The topological polar surface area (TPSA) is 45.7 Å². The normalized spacial score (nSPS) is 10.8. The summed E-state index contributed by atoms with van der Waals surface area (Å²) < 4.78 is 31.0. The lowest BCUT2D eigenvalue weighted by atomic mass is 10.3. The van der Waals surface area contributed by atoms with Gasteiger partial charge in [-0.05, 0) is 25.5 Å². The minimum absolute atomic E-state index is 0. The Bertz CT molecular complexity index is 444. The van der Waals surface area contributed by atoms with Gasteiger partial charge in [-0.15, -0.1) is 24.0 Å². The maximum atomic E-state index is 13.0. The summed E-state index contributed by atoms with van der Waals surface area (Å²) in [5.74, 6) is -0.755. The average molecular weight is 413 g/mol. The molecule has 0 fully saturated rings. The molecular formula is C14H22F2IN3O. The third kappa shape index (κ3) is 8.03. The number of rotatable bonds is 7. The van der Waals surface area contributed by atoms with Crippen LogP contribution >= 0.6 is 24.0 Å². The van der Waals surface area contributed by atoms with Gasteiger partial charge in [-0.2, -0.15) is 0 Å². The second kappa shape index (κ2) is 11.5. The van der Waals surface area contributed by atoms with Crippen LogP contribution in [-0.4, -0.2) is 32.2 Å². The Morgan fingerprint density at radius 3 is 2.57 bits per heavy atom. The van der Waals surface area contributed by atoms with Crippen molar-refractivity contribution < 1.29 is 13.5 Å². The molecule has 1 aromatic carbocycles. The molecule has 0 amide bonds. The second-order valence-electron chi connectivity index (χ2n) is 4.11. The highest BCUT2D eigenvalue weighted by Gasteiger charge is 2.03. The van der Waals surface area contributed by atoms with Crippen LogP contribution in [0, 0.1) is 11.6 Å². The zero-order valence-corrected chi connectivity index (χ0v) is 14.6. The Balaban J connectivity index is 0.00000400. The van der Waals surface area contributed by atoms with Crippen molar-refractivity contribution in [2.45, 2.75) is 20.3 Å². The van der Waals surface area contributed by atoms with Crippen molar-refractivity contribution in [1.29, 1.82) is 0 Å². The molecule has 1 aromatic rings. The molecule has 0 radical (unpaired) electrons. The summed E-state index contributed by atoms with van der Waals surface area (Å²) >= 11 is 0. The molecule has 0 aliphatic carbocycles. The number of ether oxygens (including phenoxy) is 1. The smallest absolute Gasteiger partial charge is 0.191 e. The van der Waals surface area contributed by atoms with Crippen LogP contribution < -0.4 is 15.4 Å². The Kier molecular flexibility index (Phi) is 10.9. The van der Waals surface area contributed by atoms with Gasteiger partial charge in [-0.25, -0.2) is 8.78 Å². The summed E-state index contributed by atoms with van der Waals surface area (Å²) in [7, 11) is 0. The first-order chi connectivity index (χ1) is 9.67. The van der Waals surface area contributed by atoms with Gasteiger partial charge in [0.15, 0.2) is 17.6 Å². The highest BCUT2D eigenvalue weighted by molar-refractivity contribution is 14.0. The number of guanidine groups is 1. The average Bonchev–Trinajstić information content (AvgIpc) is 2.44. The first-order valence-corrected chi connectivity index (χ1v) is 6.77. The molecule has 0 spiro atoms. The molecule has 2 N–H and O–H groups in total. The molecule has 0 saturated heterocycles. The Morgan fingerprint density at radius 2 is 1.95 bits per heavy atom. The molecule has 0 saturated carbocycles. The number of halogens is 3. The number of benzene rings is 1. The highest BCUT2D eigenvalue weighted by atomic mass is 127. The van der Waals surface area contributed by atoms with Gasteiger partial charge in [0, 0.05) is 19.2 Å². The molecule has 0 aliphatic rings. The van der Waals surface area contributed by atoms with E-state index in [4.69, 9.17) is 4.74 Å². The molecule has 0 atom stereocenters. The second-order valence-corrected chi connectivity index (χ2v) is 4.11. The first kappa shape index (κ1) is 19.9. The zero-order valence-electron chi connectivity index (χ0n) is 12.3. The quantitative estimate of drug-likeness (QED) is 0.313. The van der Waals surface area contributed by atoms with Crippen molar-refractivity contribution in [3.63, 3.8) is 0 Å². The summed E-state index contributed by atoms with van der Waals surface area (Å²) in [6.45, 7) is 6.43. The van der Waals surface area contributed by atoms with Crippen molar-refractivity contribution in [2.24, 2.45) is 4.99 Å². The van der Waals surface area contributed by atoms with Crippen LogP contribution in [0.15, 0.2) is 23.2 Å². The van der Waals surface area contributed by atoms with Gasteiger partial charge in [0.1, 0.15) is 12.4 Å². The van der Waals surface area contributed by atoms with Gasteiger partial charge >= 0.3 is 0 Å². The zero-order chi connectivity index (χ0) is 14.8. The minimum Gasteiger partial charge on any atom is -0.492 e. The fourth-order valence-corrected chi connectivity index (χ4v) is 1.47. The van der Waals surface area contributed by atoms with Crippen LogP contribution in [0.2, 0.25) is 0 Å². The van der Waals surface area contributed by atoms with Gasteiger partial charge in [-0.1, -0.05) is 6.92 Å². The monoisotopic (exact) mass is 413 g/mol. The van der Waals surface area contributed by atoms with Crippen molar-refractivity contribution in [3.8, 4) is 5.75 Å². The largest absolute Gasteiger partial charge is 0.492 e. The lowest BCUT2D eigenvalue weighted by Gasteiger charge is -2.12. The Labute approximate surface area is 141 Å². The first-order valence-electron chi connectivity index (χ1n) is 6.77. The fraction of sp³-hybridized carbons (Fsp3) is 0.500. The van der Waals surface area contributed by atoms with E-state index in [2.05, 4.69) is 22.5 Å². The Hall–Kier alpha value is -1.12. The molecule has 21 heavy (non-hydrogen) atoms. The molecule has 7 heteroatoms. The van der Waals surface area contributed by atoms with E-state index in [-0.39, 0.29) is 24.0 Å².